The van der Waals surface area contributed by atoms with Crippen LogP contribution in [0.2, 0.25) is 0 Å². The molecule has 1 aliphatic carbocycles. The number of benzene rings is 1. The van der Waals surface area contributed by atoms with Crippen LogP contribution in [0.5, 0.6) is 0 Å². The third kappa shape index (κ3) is 3.73. The molecule has 1 fully saturated rings. The summed E-state index contributed by atoms with van der Waals surface area (Å²) in [6.07, 6.45) is 4.91. The van der Waals surface area contributed by atoms with Crippen molar-refractivity contribution in [2.24, 2.45) is 10.7 Å². The Morgan fingerprint density at radius 2 is 1.94 bits per heavy atom. The van der Waals surface area contributed by atoms with E-state index in [0.717, 1.165) is 4.47 Å². The van der Waals surface area contributed by atoms with Crippen molar-refractivity contribution in [3.05, 3.63) is 34.3 Å². The van der Waals surface area contributed by atoms with Crippen LogP contribution in [0.15, 0.2) is 33.7 Å². The quantitative estimate of drug-likeness (QED) is 0.664. The number of rotatable bonds is 3. The van der Waals surface area contributed by atoms with Gasteiger partial charge in [-0.25, -0.2) is 0 Å². The highest BCUT2D eigenvalue weighted by Gasteiger charge is 2.14. The van der Waals surface area contributed by atoms with Gasteiger partial charge in [-0.15, -0.1) is 0 Å². The van der Waals surface area contributed by atoms with Crippen molar-refractivity contribution in [1.82, 2.24) is 5.32 Å². The van der Waals surface area contributed by atoms with E-state index in [1.807, 2.05) is 12.1 Å². The molecule has 4 heteroatoms. The van der Waals surface area contributed by atoms with Crippen LogP contribution in [0.4, 0.5) is 0 Å². The zero-order chi connectivity index (χ0) is 13.0. The van der Waals surface area contributed by atoms with E-state index < -0.39 is 0 Å². The summed E-state index contributed by atoms with van der Waals surface area (Å²) in [5, 5.41) is 3.25. The van der Waals surface area contributed by atoms with Crippen LogP contribution in [-0.2, 0) is 0 Å². The minimum atomic E-state index is 0.184. The number of nitrogens with two attached hydrogens (primary N) is 1. The number of guanidine groups is 1. The summed E-state index contributed by atoms with van der Waals surface area (Å²) in [6, 6.07) is 8.86. The summed E-state index contributed by atoms with van der Waals surface area (Å²) in [4.78, 5) is 4.53. The molecule has 0 amide bonds. The fourth-order valence-electron chi connectivity index (χ4n) is 2.32. The fraction of sp³-hybridized carbons (Fsp3) is 0.500. The molecule has 1 saturated carbocycles. The average Bonchev–Trinajstić information content (AvgIpc) is 2.82. The molecule has 1 atom stereocenters. The van der Waals surface area contributed by atoms with Crippen LogP contribution in [0.25, 0.3) is 0 Å². The second-order valence-corrected chi connectivity index (χ2v) is 5.79. The molecule has 1 aromatic carbocycles. The summed E-state index contributed by atoms with van der Waals surface area (Å²) >= 11 is 3.43. The molecular formula is C14H20BrN3. The van der Waals surface area contributed by atoms with Crippen LogP contribution in [-0.4, -0.2) is 12.0 Å². The number of nitrogens with zero attached hydrogens (tertiary/aromatic N) is 1. The molecule has 0 spiro atoms. The Kier molecular flexibility index (Phi) is 4.64. The van der Waals surface area contributed by atoms with Crippen molar-refractivity contribution in [1.29, 1.82) is 0 Å². The van der Waals surface area contributed by atoms with E-state index in [-0.39, 0.29) is 6.04 Å². The normalized spacial score (nSPS) is 18.9. The first kappa shape index (κ1) is 13.4. The summed E-state index contributed by atoms with van der Waals surface area (Å²) in [7, 11) is 0. The molecule has 0 bridgehead atoms. The second kappa shape index (κ2) is 6.23. The number of hydrogen-bond donors (Lipinski definition) is 2. The molecule has 1 unspecified atom stereocenters. The smallest absolute Gasteiger partial charge is 0.189 e. The van der Waals surface area contributed by atoms with E-state index in [9.17, 15) is 0 Å². The number of hydrogen-bond acceptors (Lipinski definition) is 1. The summed E-state index contributed by atoms with van der Waals surface area (Å²) < 4.78 is 1.09. The first-order valence-corrected chi connectivity index (χ1v) is 7.30. The van der Waals surface area contributed by atoms with Crippen LogP contribution in [0, 0.1) is 0 Å². The van der Waals surface area contributed by atoms with Gasteiger partial charge in [0.15, 0.2) is 5.96 Å². The lowest BCUT2D eigenvalue weighted by Gasteiger charge is -2.16. The Labute approximate surface area is 117 Å². The van der Waals surface area contributed by atoms with E-state index >= 15 is 0 Å². The van der Waals surface area contributed by atoms with Crippen molar-refractivity contribution in [2.75, 3.05) is 0 Å². The fourth-order valence-corrected chi connectivity index (χ4v) is 2.59. The Morgan fingerprint density at radius 1 is 1.33 bits per heavy atom. The highest BCUT2D eigenvalue weighted by molar-refractivity contribution is 9.10. The van der Waals surface area contributed by atoms with Gasteiger partial charge in [-0.3, -0.25) is 4.99 Å². The maximum absolute atomic E-state index is 5.95. The molecule has 0 aromatic heterocycles. The van der Waals surface area contributed by atoms with Crippen LogP contribution >= 0.6 is 15.9 Å². The zero-order valence-corrected chi connectivity index (χ0v) is 12.3. The number of nitrogens with one attached hydrogen (secondary N) is 1. The van der Waals surface area contributed by atoms with Crippen molar-refractivity contribution in [3.63, 3.8) is 0 Å². The molecule has 98 valence electrons. The first-order chi connectivity index (χ1) is 8.65. The molecule has 0 saturated heterocycles. The average molecular weight is 310 g/mol. The van der Waals surface area contributed by atoms with Gasteiger partial charge in [-0.2, -0.15) is 0 Å². The standard InChI is InChI=1S/C14H20BrN3/c1-10(11-6-8-12(15)9-7-11)17-14(16)18-13-4-2-3-5-13/h6-10,13H,2-5H2,1H3,(H3,16,17,18). The molecule has 0 aliphatic heterocycles. The highest BCUT2D eigenvalue weighted by Crippen LogP contribution is 2.21. The Hall–Kier alpha value is -1.03. The van der Waals surface area contributed by atoms with Gasteiger partial charge in [-0.1, -0.05) is 40.9 Å². The van der Waals surface area contributed by atoms with Crippen molar-refractivity contribution in [2.45, 2.75) is 44.7 Å². The summed E-state index contributed by atoms with van der Waals surface area (Å²) in [5.74, 6) is 0.567. The lowest BCUT2D eigenvalue weighted by Crippen LogP contribution is -2.34. The number of aliphatic imine (C=N–C) groups is 1. The lowest BCUT2D eigenvalue weighted by molar-refractivity contribution is 0.669. The van der Waals surface area contributed by atoms with Crippen LogP contribution in [0.1, 0.15) is 44.2 Å². The van der Waals surface area contributed by atoms with Gasteiger partial charge in [0.05, 0.1) is 12.1 Å². The van der Waals surface area contributed by atoms with E-state index in [1.54, 1.807) is 0 Å². The third-order valence-corrected chi connectivity index (χ3v) is 3.91. The molecule has 1 aromatic rings. The zero-order valence-electron chi connectivity index (χ0n) is 10.7. The lowest BCUT2D eigenvalue weighted by atomic mass is 10.1. The minimum absolute atomic E-state index is 0.184. The predicted octanol–water partition coefficient (Wildman–Crippen LogP) is 3.36. The maximum atomic E-state index is 5.95. The molecule has 3 nitrogen and oxygen atoms in total. The van der Waals surface area contributed by atoms with E-state index in [1.165, 1.54) is 31.2 Å². The second-order valence-electron chi connectivity index (χ2n) is 4.87. The van der Waals surface area contributed by atoms with Gasteiger partial charge in [0.25, 0.3) is 0 Å². The van der Waals surface area contributed by atoms with Gasteiger partial charge < -0.3 is 11.1 Å². The number of halogens is 1. The Bertz CT molecular complexity index is 408. The van der Waals surface area contributed by atoms with E-state index in [2.05, 4.69) is 45.3 Å². The van der Waals surface area contributed by atoms with Crippen LogP contribution in [0.3, 0.4) is 0 Å². The highest BCUT2D eigenvalue weighted by atomic mass is 79.9. The van der Waals surface area contributed by atoms with Gasteiger partial charge in [0, 0.05) is 4.47 Å². The van der Waals surface area contributed by atoms with E-state index in [0.29, 0.717) is 12.0 Å². The summed E-state index contributed by atoms with van der Waals surface area (Å²) in [6.45, 7) is 2.10. The summed E-state index contributed by atoms with van der Waals surface area (Å²) in [5.41, 5.74) is 7.16. The molecule has 18 heavy (non-hydrogen) atoms. The van der Waals surface area contributed by atoms with Gasteiger partial charge in [0.2, 0.25) is 0 Å². The van der Waals surface area contributed by atoms with Gasteiger partial charge in [0.1, 0.15) is 0 Å². The largest absolute Gasteiger partial charge is 0.370 e. The molecule has 0 heterocycles. The Balaban J connectivity index is 1.93. The van der Waals surface area contributed by atoms with E-state index in [4.69, 9.17) is 5.73 Å². The van der Waals surface area contributed by atoms with Crippen LogP contribution < -0.4 is 11.1 Å². The Morgan fingerprint density at radius 3 is 2.56 bits per heavy atom. The monoisotopic (exact) mass is 309 g/mol. The van der Waals surface area contributed by atoms with Crippen molar-refractivity contribution in [3.8, 4) is 0 Å². The molecular weight excluding hydrogens is 290 g/mol. The minimum Gasteiger partial charge on any atom is -0.370 e. The van der Waals surface area contributed by atoms with Gasteiger partial charge >= 0.3 is 0 Å². The van der Waals surface area contributed by atoms with Crippen molar-refractivity contribution < 1.29 is 0 Å². The van der Waals surface area contributed by atoms with Gasteiger partial charge in [-0.05, 0) is 37.5 Å². The third-order valence-electron chi connectivity index (χ3n) is 3.38. The SMILES string of the molecule is CC(NC(N)=NC1CCCC1)c1ccc(Br)cc1. The first-order valence-electron chi connectivity index (χ1n) is 6.50. The van der Waals surface area contributed by atoms with Crippen molar-refractivity contribution >= 4 is 21.9 Å². The molecule has 2 rings (SSSR count). The maximum Gasteiger partial charge on any atom is 0.189 e. The molecule has 0 radical (unpaired) electrons. The predicted molar refractivity (Wildman–Crippen MR) is 79.6 cm³/mol. The molecule has 1 aliphatic rings. The molecule has 3 N–H and O–H groups in total. The topological polar surface area (TPSA) is 50.4 Å².